The van der Waals surface area contributed by atoms with E-state index in [1.54, 1.807) is 12.1 Å². The van der Waals surface area contributed by atoms with E-state index < -0.39 is 18.0 Å². The summed E-state index contributed by atoms with van der Waals surface area (Å²) in [6.45, 7) is 3.43. The topological polar surface area (TPSA) is 83.1 Å². The number of carbonyl (C=O) groups excluding carboxylic acids is 2. The monoisotopic (exact) mass is 529 g/mol. The third kappa shape index (κ3) is 5.02. The summed E-state index contributed by atoms with van der Waals surface area (Å²) < 4.78 is 22.0. The van der Waals surface area contributed by atoms with E-state index in [0.717, 1.165) is 5.56 Å². The van der Waals surface area contributed by atoms with Gasteiger partial charge >= 0.3 is 5.97 Å². The van der Waals surface area contributed by atoms with Crippen molar-refractivity contribution in [1.82, 2.24) is 0 Å². The molecule has 9 heteroatoms. The van der Waals surface area contributed by atoms with Gasteiger partial charge in [0.15, 0.2) is 17.6 Å². The number of halogens is 2. The molecule has 0 spiro atoms. The van der Waals surface area contributed by atoms with Gasteiger partial charge in [0.05, 0.1) is 35.8 Å². The number of anilines is 1. The predicted octanol–water partition coefficient (Wildman–Crippen LogP) is 4.73. The van der Waals surface area contributed by atoms with Crippen molar-refractivity contribution in [2.24, 2.45) is 0 Å². The molecule has 1 amide bonds. The Morgan fingerprint density at radius 2 is 1.38 bits per heavy atom. The Bertz CT molecular complexity index is 883. The van der Waals surface area contributed by atoms with Gasteiger partial charge in [0.1, 0.15) is 0 Å². The number of hydrogen-bond donors (Lipinski definition) is 1. The summed E-state index contributed by atoms with van der Waals surface area (Å²) >= 11 is 6.69. The highest BCUT2D eigenvalue weighted by atomic mass is 79.9. The number of benzene rings is 2. The number of methoxy groups -OCH3 is 3. The Morgan fingerprint density at radius 1 is 0.897 bits per heavy atom. The van der Waals surface area contributed by atoms with Crippen LogP contribution in [0.25, 0.3) is 0 Å². The zero-order valence-corrected chi connectivity index (χ0v) is 19.8. The summed E-state index contributed by atoms with van der Waals surface area (Å²) in [6.07, 6.45) is -1.04. The number of amides is 1. The molecule has 1 atom stereocenters. The molecule has 0 bridgehead atoms. The first-order valence-electron chi connectivity index (χ1n) is 8.50. The van der Waals surface area contributed by atoms with Crippen LogP contribution in [0.15, 0.2) is 33.2 Å². The van der Waals surface area contributed by atoms with E-state index in [0.29, 0.717) is 20.4 Å². The second-order valence-electron chi connectivity index (χ2n) is 6.01. The summed E-state index contributed by atoms with van der Waals surface area (Å²) in [4.78, 5) is 25.2. The lowest BCUT2D eigenvalue weighted by Gasteiger charge is -2.19. The maximum Gasteiger partial charge on any atom is 0.341 e. The number of rotatable bonds is 7. The molecular formula is C20H21Br2NO6. The van der Waals surface area contributed by atoms with Crippen molar-refractivity contribution < 1.29 is 28.5 Å². The van der Waals surface area contributed by atoms with Gasteiger partial charge in [-0.3, -0.25) is 4.79 Å². The molecule has 0 aromatic heterocycles. The number of carbonyl (C=O) groups is 2. The molecule has 0 fully saturated rings. The largest absolute Gasteiger partial charge is 0.492 e. The van der Waals surface area contributed by atoms with Crippen LogP contribution < -0.4 is 19.5 Å². The highest BCUT2D eigenvalue weighted by Crippen LogP contribution is 2.50. The molecule has 0 radical (unpaired) electrons. The highest BCUT2D eigenvalue weighted by Gasteiger charge is 2.30. The van der Waals surface area contributed by atoms with Crippen LogP contribution in [0.3, 0.4) is 0 Å². The normalized spacial score (nSPS) is 11.4. The average molecular weight is 531 g/mol. The van der Waals surface area contributed by atoms with Crippen LogP contribution >= 0.6 is 31.9 Å². The van der Waals surface area contributed by atoms with E-state index in [9.17, 15) is 9.59 Å². The van der Waals surface area contributed by atoms with Crippen LogP contribution in [-0.2, 0) is 9.53 Å². The minimum Gasteiger partial charge on any atom is -0.492 e. The molecule has 29 heavy (non-hydrogen) atoms. The standard InChI is InChI=1S/C20H21Br2NO6/c1-10-6-8-12(9-7-10)23-19(24)11(2)29-20(25)13-14(21)16(26-3)18(28-5)17(27-4)15(13)22/h6-9,11H,1-5H3,(H,23,24). The summed E-state index contributed by atoms with van der Waals surface area (Å²) in [5.41, 5.74) is 1.78. The molecular weight excluding hydrogens is 510 g/mol. The average Bonchev–Trinajstić information content (AvgIpc) is 2.69. The molecule has 0 aliphatic heterocycles. The van der Waals surface area contributed by atoms with Gasteiger partial charge in [-0.1, -0.05) is 17.7 Å². The highest BCUT2D eigenvalue weighted by molar-refractivity contribution is 9.11. The number of ether oxygens (including phenoxy) is 4. The van der Waals surface area contributed by atoms with Crippen LogP contribution in [0.5, 0.6) is 17.2 Å². The van der Waals surface area contributed by atoms with E-state index in [-0.39, 0.29) is 17.1 Å². The summed E-state index contributed by atoms with van der Waals surface area (Å²) in [7, 11) is 4.32. The van der Waals surface area contributed by atoms with Crippen molar-refractivity contribution in [1.29, 1.82) is 0 Å². The fourth-order valence-corrected chi connectivity index (χ4v) is 4.18. The van der Waals surface area contributed by atoms with Crippen LogP contribution in [-0.4, -0.2) is 39.3 Å². The van der Waals surface area contributed by atoms with Crippen LogP contribution in [0.1, 0.15) is 22.8 Å². The van der Waals surface area contributed by atoms with E-state index in [2.05, 4.69) is 37.2 Å². The quantitative estimate of drug-likeness (QED) is 0.521. The second-order valence-corrected chi connectivity index (χ2v) is 7.59. The van der Waals surface area contributed by atoms with Crippen molar-refractivity contribution in [3.8, 4) is 17.2 Å². The lowest BCUT2D eigenvalue weighted by Crippen LogP contribution is -2.30. The zero-order chi connectivity index (χ0) is 21.7. The van der Waals surface area contributed by atoms with Crippen molar-refractivity contribution in [3.05, 3.63) is 44.3 Å². The van der Waals surface area contributed by atoms with Gasteiger partial charge in [-0.25, -0.2) is 4.79 Å². The lowest BCUT2D eigenvalue weighted by atomic mass is 10.1. The molecule has 0 saturated heterocycles. The van der Waals surface area contributed by atoms with Gasteiger partial charge in [0.2, 0.25) is 5.75 Å². The smallest absolute Gasteiger partial charge is 0.341 e. The Morgan fingerprint density at radius 3 is 1.83 bits per heavy atom. The van der Waals surface area contributed by atoms with Gasteiger partial charge in [0.25, 0.3) is 5.91 Å². The number of esters is 1. The van der Waals surface area contributed by atoms with E-state index in [4.69, 9.17) is 18.9 Å². The summed E-state index contributed by atoms with van der Waals surface area (Å²) in [5.74, 6) is -0.376. The first kappa shape index (κ1) is 23.0. The molecule has 0 aliphatic rings. The second kappa shape index (κ2) is 9.98. The molecule has 2 aromatic rings. The molecule has 1 unspecified atom stereocenters. The van der Waals surface area contributed by atoms with E-state index in [1.807, 2.05) is 19.1 Å². The SMILES string of the molecule is COc1c(Br)c(C(=O)OC(C)C(=O)Nc2ccc(C)cc2)c(Br)c(OC)c1OC. The van der Waals surface area contributed by atoms with E-state index >= 15 is 0 Å². The van der Waals surface area contributed by atoms with Crippen molar-refractivity contribution in [2.45, 2.75) is 20.0 Å². The Kier molecular flexibility index (Phi) is 7.92. The number of nitrogens with one attached hydrogen (secondary N) is 1. The molecule has 0 aliphatic carbocycles. The third-order valence-corrected chi connectivity index (χ3v) is 5.55. The molecule has 1 N–H and O–H groups in total. The number of aryl methyl sites for hydroxylation is 1. The minimum absolute atomic E-state index is 0.106. The maximum absolute atomic E-state index is 12.8. The molecule has 2 rings (SSSR count). The third-order valence-electron chi connectivity index (χ3n) is 4.04. The van der Waals surface area contributed by atoms with E-state index in [1.165, 1.54) is 28.3 Å². The lowest BCUT2D eigenvalue weighted by molar-refractivity contribution is -0.123. The Hall–Kier alpha value is -2.26. The van der Waals surface area contributed by atoms with Crippen molar-refractivity contribution >= 4 is 49.4 Å². The maximum atomic E-state index is 12.8. The summed E-state index contributed by atoms with van der Waals surface area (Å²) in [6, 6.07) is 7.29. The van der Waals surface area contributed by atoms with Crippen LogP contribution in [0.2, 0.25) is 0 Å². The van der Waals surface area contributed by atoms with Gasteiger partial charge < -0.3 is 24.3 Å². The van der Waals surface area contributed by atoms with Gasteiger partial charge in [0, 0.05) is 5.69 Å². The van der Waals surface area contributed by atoms with Gasteiger partial charge in [-0.15, -0.1) is 0 Å². The first-order chi connectivity index (χ1) is 13.7. The first-order valence-corrected chi connectivity index (χ1v) is 10.1. The van der Waals surface area contributed by atoms with Crippen LogP contribution in [0, 0.1) is 6.92 Å². The summed E-state index contributed by atoms with van der Waals surface area (Å²) in [5, 5.41) is 2.71. The minimum atomic E-state index is -1.04. The number of hydrogen-bond acceptors (Lipinski definition) is 6. The van der Waals surface area contributed by atoms with Crippen LogP contribution in [0.4, 0.5) is 5.69 Å². The zero-order valence-electron chi connectivity index (χ0n) is 16.6. The predicted molar refractivity (Wildman–Crippen MR) is 116 cm³/mol. The van der Waals surface area contributed by atoms with Crippen molar-refractivity contribution in [2.75, 3.05) is 26.6 Å². The van der Waals surface area contributed by atoms with Gasteiger partial charge in [-0.05, 0) is 57.8 Å². The molecule has 7 nitrogen and oxygen atoms in total. The molecule has 156 valence electrons. The Labute approximate surface area is 185 Å². The fraction of sp³-hybridized carbons (Fsp3) is 0.300. The van der Waals surface area contributed by atoms with Crippen molar-refractivity contribution in [3.63, 3.8) is 0 Å². The fourth-order valence-electron chi connectivity index (χ4n) is 2.51. The molecule has 0 heterocycles. The Balaban J connectivity index is 2.27. The molecule has 0 saturated carbocycles. The molecule has 2 aromatic carbocycles. The van der Waals surface area contributed by atoms with Gasteiger partial charge in [-0.2, -0.15) is 0 Å².